The summed E-state index contributed by atoms with van der Waals surface area (Å²) in [7, 11) is 1.85. The van der Waals surface area contributed by atoms with Gasteiger partial charge in [0.25, 0.3) is 5.91 Å². The van der Waals surface area contributed by atoms with Crippen LogP contribution < -0.4 is 10.1 Å². The van der Waals surface area contributed by atoms with Gasteiger partial charge in [-0.3, -0.25) is 14.6 Å². The van der Waals surface area contributed by atoms with Crippen LogP contribution >= 0.6 is 0 Å². The summed E-state index contributed by atoms with van der Waals surface area (Å²) in [5, 5.41) is 2.97. The molecule has 4 rings (SSSR count). The predicted molar refractivity (Wildman–Crippen MR) is 94.6 cm³/mol. The van der Waals surface area contributed by atoms with Gasteiger partial charge in [0.15, 0.2) is 0 Å². The van der Waals surface area contributed by atoms with E-state index in [4.69, 9.17) is 4.74 Å². The fourth-order valence-corrected chi connectivity index (χ4v) is 3.99. The van der Waals surface area contributed by atoms with Crippen LogP contribution in [0.3, 0.4) is 0 Å². The van der Waals surface area contributed by atoms with Crippen molar-refractivity contribution >= 4 is 11.8 Å². The number of amides is 2. The van der Waals surface area contributed by atoms with E-state index in [1.165, 1.54) is 0 Å². The highest BCUT2D eigenvalue weighted by Gasteiger charge is 2.55. The second-order valence-corrected chi connectivity index (χ2v) is 7.04. The Balaban J connectivity index is 1.48. The molecule has 0 aromatic carbocycles. The number of likely N-dealkylation sites (tertiary alicyclic amines) is 1. The maximum absolute atomic E-state index is 12.8. The molecule has 2 saturated heterocycles. The number of pyridine rings is 1. The van der Waals surface area contributed by atoms with Crippen LogP contribution in [0.5, 0.6) is 5.75 Å². The first-order valence-electron chi connectivity index (χ1n) is 8.82. The van der Waals surface area contributed by atoms with Crippen LogP contribution in [0, 0.1) is 11.3 Å². The molecule has 0 radical (unpaired) electrons. The average Bonchev–Trinajstić information content (AvgIpc) is 3.36. The second-order valence-electron chi connectivity index (χ2n) is 7.04. The van der Waals surface area contributed by atoms with Crippen LogP contribution in [0.4, 0.5) is 0 Å². The molecule has 7 heteroatoms. The first-order chi connectivity index (χ1) is 12.6. The highest BCUT2D eigenvalue weighted by atomic mass is 16.5. The number of nitrogens with one attached hydrogen (secondary N) is 1. The number of rotatable bonds is 4. The molecule has 136 valence electrons. The lowest BCUT2D eigenvalue weighted by Crippen LogP contribution is -2.41. The Hall–Kier alpha value is -2.83. The molecule has 7 nitrogen and oxygen atoms in total. The van der Waals surface area contributed by atoms with Gasteiger partial charge in [-0.15, -0.1) is 0 Å². The Morgan fingerprint density at radius 2 is 2.31 bits per heavy atom. The van der Waals surface area contributed by atoms with E-state index in [2.05, 4.69) is 10.3 Å². The van der Waals surface area contributed by atoms with Crippen LogP contribution in [0.1, 0.15) is 16.9 Å². The van der Waals surface area contributed by atoms with Crippen molar-refractivity contribution in [3.8, 4) is 5.75 Å². The van der Waals surface area contributed by atoms with Gasteiger partial charge in [-0.1, -0.05) is 0 Å². The number of aryl methyl sites for hydroxylation is 1. The minimum atomic E-state index is -0.566. The van der Waals surface area contributed by atoms with E-state index in [1.807, 2.05) is 42.1 Å². The predicted octanol–water partition coefficient (Wildman–Crippen LogP) is 1.08. The van der Waals surface area contributed by atoms with Crippen LogP contribution in [0.2, 0.25) is 0 Å². The second kappa shape index (κ2) is 6.48. The molecule has 2 fully saturated rings. The molecule has 0 unspecified atom stereocenters. The zero-order valence-electron chi connectivity index (χ0n) is 14.7. The number of carbonyl (C=O) groups is 2. The molecule has 1 N–H and O–H groups in total. The van der Waals surface area contributed by atoms with E-state index in [-0.39, 0.29) is 17.7 Å². The molecule has 0 aliphatic carbocycles. The molecule has 2 aliphatic heterocycles. The standard InChI is InChI=1S/C19H22N4O3/c1-22-8-3-5-16(22)17(24)23-9-6-19(13-23)14(10-21-18(19)25)12-26-15-4-2-7-20-11-15/h2-5,7-8,11,14H,6,9-10,12-13H2,1H3,(H,21,25)/t14-,19+/m1/s1. The summed E-state index contributed by atoms with van der Waals surface area (Å²) < 4.78 is 7.66. The summed E-state index contributed by atoms with van der Waals surface area (Å²) in [6, 6.07) is 7.33. The lowest BCUT2D eigenvalue weighted by Gasteiger charge is -2.28. The zero-order chi connectivity index (χ0) is 18.1. The summed E-state index contributed by atoms with van der Waals surface area (Å²) >= 11 is 0. The SMILES string of the molecule is Cn1cccc1C(=O)N1CC[C@@]2(C1)C(=O)NC[C@@H]2COc1cccnc1. The first-order valence-corrected chi connectivity index (χ1v) is 8.82. The van der Waals surface area contributed by atoms with Gasteiger partial charge in [-0.05, 0) is 30.7 Å². The Morgan fingerprint density at radius 3 is 3.04 bits per heavy atom. The van der Waals surface area contributed by atoms with Crippen molar-refractivity contribution in [2.45, 2.75) is 6.42 Å². The Morgan fingerprint density at radius 1 is 1.42 bits per heavy atom. The molecule has 2 atom stereocenters. The molecular weight excluding hydrogens is 332 g/mol. The fraction of sp³-hybridized carbons (Fsp3) is 0.421. The molecule has 1 spiro atoms. The van der Waals surface area contributed by atoms with E-state index >= 15 is 0 Å². The van der Waals surface area contributed by atoms with Gasteiger partial charge in [0.2, 0.25) is 5.91 Å². The molecule has 26 heavy (non-hydrogen) atoms. The average molecular weight is 354 g/mol. The summed E-state index contributed by atoms with van der Waals surface area (Å²) in [5.74, 6) is 0.721. The quantitative estimate of drug-likeness (QED) is 0.891. The summed E-state index contributed by atoms with van der Waals surface area (Å²) in [6.45, 7) is 2.02. The third-order valence-corrected chi connectivity index (χ3v) is 5.58. The summed E-state index contributed by atoms with van der Waals surface area (Å²) in [4.78, 5) is 31.2. The van der Waals surface area contributed by atoms with Crippen molar-refractivity contribution in [3.63, 3.8) is 0 Å². The Kier molecular flexibility index (Phi) is 4.14. The molecule has 4 heterocycles. The highest BCUT2D eigenvalue weighted by molar-refractivity contribution is 5.94. The fourth-order valence-electron chi connectivity index (χ4n) is 3.99. The van der Waals surface area contributed by atoms with Crippen LogP contribution in [0.25, 0.3) is 0 Å². The lowest BCUT2D eigenvalue weighted by atomic mass is 9.77. The molecule has 2 aliphatic rings. The number of ether oxygens (including phenoxy) is 1. The molecule has 0 saturated carbocycles. The van der Waals surface area contributed by atoms with E-state index in [0.717, 1.165) is 0 Å². The van der Waals surface area contributed by atoms with E-state index in [1.54, 1.807) is 17.3 Å². The first kappa shape index (κ1) is 16.6. The van der Waals surface area contributed by atoms with Crippen LogP contribution in [-0.2, 0) is 11.8 Å². The van der Waals surface area contributed by atoms with Crippen molar-refractivity contribution < 1.29 is 14.3 Å². The van der Waals surface area contributed by atoms with Crippen molar-refractivity contribution in [2.24, 2.45) is 18.4 Å². The number of hydrogen-bond acceptors (Lipinski definition) is 4. The van der Waals surface area contributed by atoms with Crippen molar-refractivity contribution in [1.29, 1.82) is 0 Å². The largest absolute Gasteiger partial charge is 0.492 e. The number of hydrogen-bond donors (Lipinski definition) is 1. The molecule has 0 bridgehead atoms. The van der Waals surface area contributed by atoms with E-state index in [9.17, 15) is 9.59 Å². The van der Waals surface area contributed by atoms with Crippen molar-refractivity contribution in [3.05, 3.63) is 48.5 Å². The maximum Gasteiger partial charge on any atom is 0.270 e. The monoisotopic (exact) mass is 354 g/mol. The number of aromatic nitrogens is 2. The Bertz CT molecular complexity index is 819. The van der Waals surface area contributed by atoms with Gasteiger partial charge in [-0.25, -0.2) is 0 Å². The molecular formula is C19H22N4O3. The van der Waals surface area contributed by atoms with Gasteiger partial charge in [0.05, 0.1) is 18.2 Å². The van der Waals surface area contributed by atoms with Gasteiger partial charge < -0.3 is 19.5 Å². The molecule has 2 aromatic heterocycles. The van der Waals surface area contributed by atoms with Crippen LogP contribution in [0.15, 0.2) is 42.9 Å². The van der Waals surface area contributed by atoms with Gasteiger partial charge >= 0.3 is 0 Å². The van der Waals surface area contributed by atoms with Gasteiger partial charge in [-0.2, -0.15) is 0 Å². The molecule has 2 amide bonds. The van der Waals surface area contributed by atoms with Gasteiger partial charge in [0.1, 0.15) is 11.4 Å². The summed E-state index contributed by atoms with van der Waals surface area (Å²) in [5.41, 5.74) is 0.0758. The highest BCUT2D eigenvalue weighted by Crippen LogP contribution is 2.42. The third kappa shape index (κ3) is 2.73. The number of nitrogens with zero attached hydrogens (tertiary/aromatic N) is 3. The maximum atomic E-state index is 12.8. The van der Waals surface area contributed by atoms with E-state index in [0.29, 0.717) is 44.1 Å². The smallest absolute Gasteiger partial charge is 0.270 e. The van der Waals surface area contributed by atoms with Crippen molar-refractivity contribution in [2.75, 3.05) is 26.2 Å². The Labute approximate surface area is 152 Å². The van der Waals surface area contributed by atoms with Crippen LogP contribution in [-0.4, -0.2) is 52.5 Å². The van der Waals surface area contributed by atoms with E-state index < -0.39 is 5.41 Å². The van der Waals surface area contributed by atoms with Crippen molar-refractivity contribution in [1.82, 2.24) is 19.8 Å². The topological polar surface area (TPSA) is 76.5 Å². The zero-order valence-corrected chi connectivity index (χ0v) is 14.7. The van der Waals surface area contributed by atoms with Gasteiger partial charge in [0, 0.05) is 45.0 Å². The summed E-state index contributed by atoms with van der Waals surface area (Å²) in [6.07, 6.45) is 5.87. The molecule has 2 aromatic rings. The minimum Gasteiger partial charge on any atom is -0.492 e. The third-order valence-electron chi connectivity index (χ3n) is 5.58. The number of carbonyl (C=O) groups excluding carboxylic acids is 2. The lowest BCUT2D eigenvalue weighted by molar-refractivity contribution is -0.128. The normalized spacial score (nSPS) is 24.9. The minimum absolute atomic E-state index is 0.0268.